The molecule has 0 unspecified atom stereocenters. The third kappa shape index (κ3) is 10.8. The topological polar surface area (TPSA) is 86.2 Å². The van der Waals surface area contributed by atoms with Gasteiger partial charge in [0, 0.05) is 48.6 Å². The van der Waals surface area contributed by atoms with Crippen molar-refractivity contribution in [3.05, 3.63) is 101 Å². The first kappa shape index (κ1) is 31.7. The van der Waals surface area contributed by atoms with Gasteiger partial charge in [-0.25, -0.2) is 4.98 Å². The summed E-state index contributed by atoms with van der Waals surface area (Å²) >= 11 is 0. The van der Waals surface area contributed by atoms with E-state index < -0.39 is 0 Å². The highest BCUT2D eigenvalue weighted by molar-refractivity contribution is 5.77. The maximum atomic E-state index is 8.58. The van der Waals surface area contributed by atoms with Gasteiger partial charge in [0.1, 0.15) is 5.82 Å². The number of carbonyl (C=O) groups is 1. The van der Waals surface area contributed by atoms with Gasteiger partial charge in [-0.15, -0.1) is 5.73 Å². The van der Waals surface area contributed by atoms with Crippen LogP contribution in [0, 0.1) is 12.8 Å². The second-order valence-electron chi connectivity index (χ2n) is 8.93. The van der Waals surface area contributed by atoms with Crippen LogP contribution in [0.5, 0.6) is 0 Å². The van der Waals surface area contributed by atoms with Crippen LogP contribution in [-0.2, 0) is 11.8 Å². The fraction of sp³-hybridized carbons (Fsp3) is 0.281. The number of hydrogen-bond acceptors (Lipinski definition) is 4. The number of pyridine rings is 1. The highest BCUT2D eigenvalue weighted by Crippen LogP contribution is 2.24. The first-order valence-corrected chi connectivity index (χ1v) is 12.7. The van der Waals surface area contributed by atoms with Crippen LogP contribution in [0.25, 0.3) is 23.0 Å². The number of imidazole rings is 1. The van der Waals surface area contributed by atoms with Crippen LogP contribution in [0.2, 0.25) is 0 Å². The molecule has 200 valence electrons. The molecule has 0 radical (unpaired) electrons. The monoisotopic (exact) mass is 511 g/mol. The fourth-order valence-electron chi connectivity index (χ4n) is 3.05. The minimum atomic E-state index is 0.250. The summed E-state index contributed by atoms with van der Waals surface area (Å²) in [4.78, 5) is 22.1. The van der Waals surface area contributed by atoms with E-state index in [9.17, 15) is 0 Å². The van der Waals surface area contributed by atoms with E-state index in [1.165, 1.54) is 6.42 Å². The summed E-state index contributed by atoms with van der Waals surface area (Å²) in [5, 5.41) is 0. The Labute approximate surface area is 228 Å². The van der Waals surface area contributed by atoms with Crippen LogP contribution in [-0.4, -0.2) is 27.2 Å². The van der Waals surface area contributed by atoms with Gasteiger partial charge in [0.05, 0.1) is 11.4 Å². The van der Waals surface area contributed by atoms with Crippen molar-refractivity contribution in [1.82, 2.24) is 14.5 Å². The summed E-state index contributed by atoms with van der Waals surface area (Å²) in [6, 6.07) is 14.1. The van der Waals surface area contributed by atoms with Crippen molar-refractivity contribution in [3.8, 4) is 11.3 Å². The maximum absolute atomic E-state index is 8.58. The summed E-state index contributed by atoms with van der Waals surface area (Å²) < 4.78 is 1.98. The second kappa shape index (κ2) is 17.2. The minimum Gasteiger partial charge on any atom is -0.372 e. The molecule has 0 aliphatic heterocycles. The summed E-state index contributed by atoms with van der Waals surface area (Å²) in [5.41, 5.74) is 14.2. The van der Waals surface area contributed by atoms with Crippen molar-refractivity contribution in [2.24, 2.45) is 23.7 Å². The van der Waals surface area contributed by atoms with Crippen LogP contribution >= 0.6 is 0 Å². The lowest BCUT2D eigenvalue weighted by Gasteiger charge is -2.08. The number of carbonyl (C=O) groups excluding carboxylic acids is 1. The molecule has 2 aromatic heterocycles. The van der Waals surface area contributed by atoms with E-state index in [0.717, 1.165) is 51.1 Å². The minimum absolute atomic E-state index is 0.250. The van der Waals surface area contributed by atoms with Crippen molar-refractivity contribution in [2.45, 2.75) is 48.0 Å². The van der Waals surface area contributed by atoms with Gasteiger partial charge in [0.2, 0.25) is 6.41 Å². The predicted octanol–water partition coefficient (Wildman–Crippen LogP) is 7.19. The molecule has 0 bridgehead atoms. The van der Waals surface area contributed by atoms with Gasteiger partial charge in [-0.2, -0.15) is 0 Å². The molecule has 0 saturated heterocycles. The molecule has 0 saturated carbocycles. The number of hydrogen-bond donors (Lipinski definition) is 1. The Kier molecular flexibility index (Phi) is 14.4. The second-order valence-corrected chi connectivity index (χ2v) is 8.93. The van der Waals surface area contributed by atoms with E-state index in [-0.39, 0.29) is 6.41 Å². The van der Waals surface area contributed by atoms with Crippen molar-refractivity contribution in [2.75, 3.05) is 0 Å². The Morgan fingerprint density at radius 2 is 1.87 bits per heavy atom. The zero-order valence-electron chi connectivity index (χ0n) is 23.8. The first-order valence-electron chi connectivity index (χ1n) is 12.7. The average Bonchev–Trinajstić information content (AvgIpc) is 3.28. The zero-order valence-corrected chi connectivity index (χ0v) is 23.8. The lowest BCUT2D eigenvalue weighted by molar-refractivity contribution is -0.106. The van der Waals surface area contributed by atoms with Crippen LogP contribution in [0.4, 0.5) is 0 Å². The van der Waals surface area contributed by atoms with Crippen LogP contribution in [0.1, 0.15) is 58.1 Å². The molecule has 0 aliphatic rings. The third-order valence-corrected chi connectivity index (χ3v) is 5.53. The lowest BCUT2D eigenvalue weighted by Crippen LogP contribution is -1.89. The lowest BCUT2D eigenvalue weighted by atomic mass is 10.0. The quantitative estimate of drug-likeness (QED) is 0.158. The smallest absolute Gasteiger partial charge is 0.204 e. The molecule has 0 spiro atoms. The number of amides is 1. The summed E-state index contributed by atoms with van der Waals surface area (Å²) in [7, 11) is 1.97. The molecule has 3 aromatic rings. The van der Waals surface area contributed by atoms with E-state index in [1.54, 1.807) is 12.4 Å². The number of primary amides is 1. The first-order chi connectivity index (χ1) is 18.2. The number of aryl methyl sites for hydroxylation is 2. The molecule has 3 rings (SSSR count). The molecule has 1 aromatic carbocycles. The van der Waals surface area contributed by atoms with Gasteiger partial charge in [-0.3, -0.25) is 14.8 Å². The number of benzene rings is 1. The Hall–Kier alpha value is -4.28. The van der Waals surface area contributed by atoms with Crippen molar-refractivity contribution in [1.29, 1.82) is 0 Å². The van der Waals surface area contributed by atoms with E-state index in [0.29, 0.717) is 0 Å². The predicted molar refractivity (Wildman–Crippen MR) is 161 cm³/mol. The van der Waals surface area contributed by atoms with Crippen molar-refractivity contribution < 1.29 is 4.79 Å². The standard InChI is InChI=1S/C26H26N4.C5H12.CH3NO/c1-6-27-26(22-12-8-7-9-13-22)21(4)19(2)11-10-14-25-29-24(18-30(25)5)23-15-16-28-20(3)17-23;1-4-5(2)3;2-1-3/h6-9,11-18H,2H2,1,3-5H3;5H,4H2,1-3H3;1H,(H2,2,3)/b26-21+,27-6?;;. The normalized spacial score (nSPS) is 10.8. The van der Waals surface area contributed by atoms with Gasteiger partial charge in [0.25, 0.3) is 0 Å². The van der Waals surface area contributed by atoms with E-state index in [2.05, 4.69) is 60.9 Å². The van der Waals surface area contributed by atoms with Crippen LogP contribution in [0.3, 0.4) is 0 Å². The summed E-state index contributed by atoms with van der Waals surface area (Å²) in [6.07, 6.45) is 10.9. The molecule has 2 N–H and O–H groups in total. The van der Waals surface area contributed by atoms with Crippen molar-refractivity contribution >= 4 is 24.4 Å². The molecule has 0 fully saturated rings. The molecule has 0 aliphatic carbocycles. The van der Waals surface area contributed by atoms with Gasteiger partial charge >= 0.3 is 0 Å². The number of aromatic nitrogens is 3. The van der Waals surface area contributed by atoms with E-state index >= 15 is 0 Å². The Morgan fingerprint density at radius 3 is 2.42 bits per heavy atom. The SMILES string of the molecule is C=C(C=C=Cc1nc(-c2ccnc(C)c2)cn1C)/C(C)=C(/N=CC)c1ccccc1.CCC(C)C.NC=O. The summed E-state index contributed by atoms with van der Waals surface area (Å²) in [5.74, 6) is 1.70. The molecule has 1 amide bonds. The van der Waals surface area contributed by atoms with Crippen LogP contribution in [0.15, 0.2) is 89.4 Å². The molecular weight excluding hydrogens is 470 g/mol. The zero-order chi connectivity index (χ0) is 28.5. The van der Waals surface area contributed by atoms with Crippen molar-refractivity contribution in [3.63, 3.8) is 0 Å². The number of aliphatic imine (C=N–C) groups is 1. The number of rotatable bonds is 7. The fourth-order valence-corrected chi connectivity index (χ4v) is 3.05. The molecule has 6 heteroatoms. The average molecular weight is 512 g/mol. The molecule has 38 heavy (non-hydrogen) atoms. The third-order valence-electron chi connectivity index (χ3n) is 5.53. The Balaban J connectivity index is 0.000000794. The van der Waals surface area contributed by atoms with E-state index in [4.69, 9.17) is 9.78 Å². The van der Waals surface area contributed by atoms with Gasteiger partial charge in [-0.05, 0) is 56.0 Å². The van der Waals surface area contributed by atoms with E-state index in [1.807, 2.05) is 81.1 Å². The molecular formula is C32H41N5O. The largest absolute Gasteiger partial charge is 0.372 e. The Bertz CT molecular complexity index is 1290. The number of nitrogens with zero attached hydrogens (tertiary/aromatic N) is 4. The molecule has 0 atom stereocenters. The number of allylic oxidation sites excluding steroid dienone is 3. The number of nitrogens with two attached hydrogens (primary N) is 1. The highest BCUT2D eigenvalue weighted by atomic mass is 16.1. The van der Waals surface area contributed by atoms with Gasteiger partial charge in [-0.1, -0.05) is 64.1 Å². The molecule has 6 nitrogen and oxygen atoms in total. The van der Waals surface area contributed by atoms with Crippen LogP contribution < -0.4 is 5.73 Å². The molecule has 2 heterocycles. The maximum Gasteiger partial charge on any atom is 0.204 e. The van der Waals surface area contributed by atoms with Gasteiger partial charge in [0.15, 0.2) is 0 Å². The Morgan fingerprint density at radius 1 is 1.24 bits per heavy atom. The summed E-state index contributed by atoms with van der Waals surface area (Å²) in [6.45, 7) is 16.8. The van der Waals surface area contributed by atoms with Gasteiger partial charge < -0.3 is 10.3 Å². The highest BCUT2D eigenvalue weighted by Gasteiger charge is 2.07.